The maximum Gasteiger partial charge on any atom is 0.102 e. The van der Waals surface area contributed by atoms with E-state index in [-0.39, 0.29) is 19.3 Å². The molecule has 1 aliphatic heterocycles. The molecule has 1 unspecified atom stereocenters. The normalized spacial score (nSPS) is 30.3. The lowest BCUT2D eigenvalue weighted by Gasteiger charge is -2.56. The molecule has 2 rings (SSSR count). The molecule has 4 heteroatoms. The number of piperidine rings is 1. The first-order chi connectivity index (χ1) is 11.1. The van der Waals surface area contributed by atoms with Crippen molar-refractivity contribution in [2.75, 3.05) is 13.2 Å². The summed E-state index contributed by atoms with van der Waals surface area (Å²) in [5, 5.41) is 22.2. The molecule has 0 aromatic heterocycles. The second-order valence-electron chi connectivity index (χ2n) is 6.78. The molecule has 1 aromatic rings. The highest BCUT2D eigenvalue weighted by molar-refractivity contribution is 5.17. The summed E-state index contributed by atoms with van der Waals surface area (Å²) in [5.41, 5.74) is 0.268. The molecular weight excluding hydrogens is 290 g/mol. The van der Waals surface area contributed by atoms with Crippen LogP contribution in [0.25, 0.3) is 0 Å². The van der Waals surface area contributed by atoms with E-state index in [1.165, 1.54) is 0 Å². The van der Waals surface area contributed by atoms with Gasteiger partial charge in [0.15, 0.2) is 0 Å². The van der Waals surface area contributed by atoms with Gasteiger partial charge in [-0.05, 0) is 44.6 Å². The molecule has 0 radical (unpaired) electrons. The summed E-state index contributed by atoms with van der Waals surface area (Å²) >= 11 is 0. The lowest BCUT2D eigenvalue weighted by atomic mass is 9.76. The molecule has 0 saturated carbocycles. The van der Waals surface area contributed by atoms with Gasteiger partial charge >= 0.3 is 0 Å². The summed E-state index contributed by atoms with van der Waals surface area (Å²) in [7, 11) is 0. The third kappa shape index (κ3) is 3.45. The van der Waals surface area contributed by atoms with E-state index in [0.717, 1.165) is 37.7 Å². The summed E-state index contributed by atoms with van der Waals surface area (Å²) in [6.07, 6.45) is 4.26. The van der Waals surface area contributed by atoms with E-state index >= 15 is 0 Å². The van der Waals surface area contributed by atoms with E-state index in [4.69, 9.17) is 4.84 Å². The van der Waals surface area contributed by atoms with Gasteiger partial charge in [-0.1, -0.05) is 44.2 Å². The highest BCUT2D eigenvalue weighted by Crippen LogP contribution is 2.44. The van der Waals surface area contributed by atoms with Gasteiger partial charge in [-0.15, -0.1) is 0 Å². The van der Waals surface area contributed by atoms with E-state index < -0.39 is 11.1 Å². The minimum atomic E-state index is -0.417. The van der Waals surface area contributed by atoms with Gasteiger partial charge in [-0.2, -0.15) is 5.06 Å². The number of hydrogen-bond donors (Lipinski definition) is 2. The van der Waals surface area contributed by atoms with Crippen molar-refractivity contribution in [1.82, 2.24) is 5.06 Å². The van der Waals surface area contributed by atoms with E-state index in [1.807, 2.05) is 42.3 Å². The molecule has 23 heavy (non-hydrogen) atoms. The van der Waals surface area contributed by atoms with Gasteiger partial charge in [0.05, 0.1) is 24.3 Å². The van der Waals surface area contributed by atoms with Crippen molar-refractivity contribution >= 4 is 0 Å². The number of nitrogens with zero attached hydrogens (tertiary/aromatic N) is 1. The topological polar surface area (TPSA) is 52.9 Å². The van der Waals surface area contributed by atoms with Gasteiger partial charge in [-0.3, -0.25) is 4.84 Å². The lowest BCUT2D eigenvalue weighted by Crippen LogP contribution is -2.66. The van der Waals surface area contributed by atoms with Gasteiger partial charge in [0.2, 0.25) is 0 Å². The number of rotatable bonds is 7. The van der Waals surface area contributed by atoms with Crippen molar-refractivity contribution in [3.63, 3.8) is 0 Å². The number of aliphatic hydroxyl groups excluding tert-OH is 2. The zero-order chi connectivity index (χ0) is 16.9. The molecule has 1 aliphatic rings. The zero-order valence-electron chi connectivity index (χ0n) is 14.7. The first-order valence-electron chi connectivity index (χ1n) is 8.81. The zero-order valence-corrected chi connectivity index (χ0v) is 14.7. The minimum Gasteiger partial charge on any atom is -0.394 e. The Morgan fingerprint density at radius 1 is 1.04 bits per heavy atom. The molecule has 0 amide bonds. The van der Waals surface area contributed by atoms with Crippen molar-refractivity contribution in [3.05, 3.63) is 35.9 Å². The Morgan fingerprint density at radius 2 is 1.57 bits per heavy atom. The maximum absolute atomic E-state index is 10.1. The average Bonchev–Trinajstić information content (AvgIpc) is 2.63. The summed E-state index contributed by atoms with van der Waals surface area (Å²) in [6.45, 7) is 6.30. The molecule has 1 heterocycles. The fraction of sp³-hybridized carbons (Fsp3) is 0.684. The fourth-order valence-electron chi connectivity index (χ4n) is 3.77. The van der Waals surface area contributed by atoms with Crippen LogP contribution in [-0.2, 0) is 4.84 Å². The molecule has 1 saturated heterocycles. The molecule has 1 aromatic carbocycles. The van der Waals surface area contributed by atoms with Crippen LogP contribution in [0.15, 0.2) is 30.3 Å². The third-order valence-corrected chi connectivity index (χ3v) is 5.58. The second kappa shape index (κ2) is 7.75. The quantitative estimate of drug-likeness (QED) is 0.808. The Kier molecular flexibility index (Phi) is 6.20. The van der Waals surface area contributed by atoms with Crippen LogP contribution >= 0.6 is 0 Å². The summed E-state index contributed by atoms with van der Waals surface area (Å²) in [6, 6.07) is 10.1. The van der Waals surface area contributed by atoms with Crippen LogP contribution < -0.4 is 0 Å². The molecule has 0 spiro atoms. The molecule has 130 valence electrons. The van der Waals surface area contributed by atoms with Crippen molar-refractivity contribution in [1.29, 1.82) is 0 Å². The van der Waals surface area contributed by atoms with Crippen LogP contribution in [-0.4, -0.2) is 39.6 Å². The lowest BCUT2D eigenvalue weighted by molar-refractivity contribution is -0.331. The summed E-state index contributed by atoms with van der Waals surface area (Å²) in [5.74, 6) is 0. The monoisotopic (exact) mass is 321 g/mol. The standard InChI is InChI=1S/C19H31NO3/c1-4-18(14-21)12-9-13-19(5-2,15-22)20(18)23-16(3)17-10-7-6-8-11-17/h6-8,10-11,16,21-22H,4-5,9,12-15H2,1-3H3/t16?,18-,19-/m0/s1. The molecular formula is C19H31NO3. The van der Waals surface area contributed by atoms with Crippen LogP contribution in [0.2, 0.25) is 0 Å². The SMILES string of the molecule is CC[C@@]1(CO)CCC[C@@](CC)(CO)N1OC(C)c1ccccc1. The van der Waals surface area contributed by atoms with Crippen molar-refractivity contribution in [3.8, 4) is 0 Å². The summed E-state index contributed by atoms with van der Waals surface area (Å²) < 4.78 is 0. The van der Waals surface area contributed by atoms with Crippen molar-refractivity contribution in [2.45, 2.75) is 70.1 Å². The number of aliphatic hydroxyl groups is 2. The highest BCUT2D eigenvalue weighted by Gasteiger charge is 2.51. The number of benzene rings is 1. The van der Waals surface area contributed by atoms with Crippen LogP contribution in [0.1, 0.15) is 64.5 Å². The van der Waals surface area contributed by atoms with E-state index in [9.17, 15) is 10.2 Å². The van der Waals surface area contributed by atoms with Gasteiger partial charge in [-0.25, -0.2) is 0 Å². The van der Waals surface area contributed by atoms with E-state index in [1.54, 1.807) is 0 Å². The van der Waals surface area contributed by atoms with Crippen LogP contribution in [0, 0.1) is 0 Å². The van der Waals surface area contributed by atoms with Gasteiger partial charge in [0, 0.05) is 0 Å². The van der Waals surface area contributed by atoms with Gasteiger partial charge in [0.25, 0.3) is 0 Å². The van der Waals surface area contributed by atoms with Gasteiger partial charge < -0.3 is 10.2 Å². The Hall–Kier alpha value is -0.940. The molecule has 0 aliphatic carbocycles. The Labute approximate surface area is 140 Å². The van der Waals surface area contributed by atoms with E-state index in [2.05, 4.69) is 13.8 Å². The predicted octanol–water partition coefficient (Wildman–Crippen LogP) is 3.45. The predicted molar refractivity (Wildman–Crippen MR) is 91.8 cm³/mol. The van der Waals surface area contributed by atoms with Gasteiger partial charge in [0.1, 0.15) is 6.10 Å². The average molecular weight is 321 g/mol. The van der Waals surface area contributed by atoms with Crippen molar-refractivity contribution < 1.29 is 15.1 Å². The first-order valence-corrected chi connectivity index (χ1v) is 8.81. The largest absolute Gasteiger partial charge is 0.394 e. The first kappa shape index (κ1) is 18.4. The third-order valence-electron chi connectivity index (χ3n) is 5.58. The molecule has 1 fully saturated rings. The molecule has 2 N–H and O–H groups in total. The number of hydrogen-bond acceptors (Lipinski definition) is 4. The van der Waals surface area contributed by atoms with E-state index in [0.29, 0.717) is 0 Å². The Balaban J connectivity index is 2.33. The fourth-order valence-corrected chi connectivity index (χ4v) is 3.77. The smallest absolute Gasteiger partial charge is 0.102 e. The van der Waals surface area contributed by atoms with Crippen LogP contribution in [0.5, 0.6) is 0 Å². The second-order valence-corrected chi connectivity index (χ2v) is 6.78. The minimum absolute atomic E-state index is 0.0484. The number of hydroxylamine groups is 2. The molecule has 4 nitrogen and oxygen atoms in total. The Morgan fingerprint density at radius 3 is 2.00 bits per heavy atom. The van der Waals surface area contributed by atoms with Crippen LogP contribution in [0.4, 0.5) is 0 Å². The highest BCUT2D eigenvalue weighted by atomic mass is 16.7. The molecule has 0 bridgehead atoms. The van der Waals surface area contributed by atoms with Crippen LogP contribution in [0.3, 0.4) is 0 Å². The Bertz CT molecular complexity index is 449. The summed E-state index contributed by atoms with van der Waals surface area (Å²) in [4.78, 5) is 6.39. The molecule has 3 atom stereocenters. The van der Waals surface area contributed by atoms with Crippen molar-refractivity contribution in [2.24, 2.45) is 0 Å². The maximum atomic E-state index is 10.1.